The van der Waals surface area contributed by atoms with E-state index in [4.69, 9.17) is 5.11 Å². The van der Waals surface area contributed by atoms with Gasteiger partial charge in [-0.3, -0.25) is 14.2 Å². The lowest BCUT2D eigenvalue weighted by molar-refractivity contribution is -0.141. The zero-order chi connectivity index (χ0) is 27.1. The van der Waals surface area contributed by atoms with E-state index in [0.717, 1.165) is 30.6 Å². The maximum atomic E-state index is 13.4. The number of carbonyl (C=O) groups excluding carboxylic acids is 1. The van der Waals surface area contributed by atoms with Crippen LogP contribution in [0.4, 0.5) is 30.2 Å². The summed E-state index contributed by atoms with van der Waals surface area (Å²) in [6.45, 7) is -0.337. The van der Waals surface area contributed by atoms with Crippen LogP contribution < -0.4 is 14.9 Å². The fourth-order valence-corrected chi connectivity index (χ4v) is 5.77. The molecule has 204 valence electrons. The van der Waals surface area contributed by atoms with Crippen molar-refractivity contribution in [2.75, 3.05) is 40.4 Å². The van der Waals surface area contributed by atoms with Crippen LogP contribution in [0.2, 0.25) is 0 Å². The molecule has 1 amide bonds. The van der Waals surface area contributed by atoms with E-state index >= 15 is 0 Å². The van der Waals surface area contributed by atoms with Gasteiger partial charge in [0.15, 0.2) is 0 Å². The lowest BCUT2D eigenvalue weighted by Gasteiger charge is -2.35. The Labute approximate surface area is 217 Å². The average molecular weight is 552 g/mol. The topological polar surface area (TPSA) is 117 Å². The maximum absolute atomic E-state index is 13.4. The molecule has 1 saturated heterocycles. The SMILES string of the molecule is O=C(Nc1ccc2cnn(CC(F)(F)F)c2c1)c1ccc(NS(=O)(=O)CCO)cc1N1CCC2(CC1)CC2. The molecular weight excluding hydrogens is 523 g/mol. The molecular formula is C25H28F3N5O4S. The number of nitrogens with one attached hydrogen (secondary N) is 2. The second kappa shape index (κ2) is 9.77. The van der Waals surface area contributed by atoms with Crippen molar-refractivity contribution in [3.05, 3.63) is 48.2 Å². The zero-order valence-corrected chi connectivity index (χ0v) is 21.3. The average Bonchev–Trinajstić information content (AvgIpc) is 3.49. The molecule has 1 aliphatic heterocycles. The largest absolute Gasteiger partial charge is 0.408 e. The first-order valence-corrected chi connectivity index (χ1v) is 14.0. The summed E-state index contributed by atoms with van der Waals surface area (Å²) in [6.07, 6.45) is 1.25. The van der Waals surface area contributed by atoms with Gasteiger partial charge in [0.25, 0.3) is 5.91 Å². The van der Waals surface area contributed by atoms with Crippen LogP contribution in [0, 0.1) is 5.41 Å². The second-order valence-electron chi connectivity index (χ2n) is 10.0. The number of aromatic nitrogens is 2. The summed E-state index contributed by atoms with van der Waals surface area (Å²) in [5.41, 5.74) is 2.07. The van der Waals surface area contributed by atoms with Crippen molar-refractivity contribution in [3.8, 4) is 0 Å². The molecule has 1 aromatic heterocycles. The number of piperidine rings is 1. The van der Waals surface area contributed by atoms with Crippen molar-refractivity contribution >= 4 is 43.9 Å². The number of halogens is 3. The van der Waals surface area contributed by atoms with E-state index in [1.807, 2.05) is 0 Å². The van der Waals surface area contributed by atoms with Gasteiger partial charge in [0.05, 0.1) is 41.0 Å². The molecule has 2 heterocycles. The molecule has 0 bridgehead atoms. The van der Waals surface area contributed by atoms with E-state index in [-0.39, 0.29) is 11.2 Å². The number of aliphatic hydroxyl groups is 1. The Morgan fingerprint density at radius 2 is 1.76 bits per heavy atom. The van der Waals surface area contributed by atoms with Crippen molar-refractivity contribution in [1.82, 2.24) is 9.78 Å². The predicted molar refractivity (Wildman–Crippen MR) is 138 cm³/mol. The monoisotopic (exact) mass is 551 g/mol. The number of nitrogens with zero attached hydrogens (tertiary/aromatic N) is 3. The smallest absolute Gasteiger partial charge is 0.395 e. The number of fused-ring (bicyclic) bond motifs is 1. The molecule has 13 heteroatoms. The normalized spacial score (nSPS) is 17.1. The Balaban J connectivity index is 1.42. The minimum atomic E-state index is -4.44. The zero-order valence-electron chi connectivity index (χ0n) is 20.5. The van der Waals surface area contributed by atoms with Gasteiger partial charge in [0.1, 0.15) is 6.54 Å². The third-order valence-corrected chi connectivity index (χ3v) is 8.50. The number of benzene rings is 2. The van der Waals surface area contributed by atoms with Crippen LogP contribution in [-0.2, 0) is 16.6 Å². The molecule has 0 radical (unpaired) electrons. The highest BCUT2D eigenvalue weighted by Crippen LogP contribution is 2.54. The number of sulfonamides is 1. The van der Waals surface area contributed by atoms with E-state index in [0.29, 0.717) is 27.7 Å². The summed E-state index contributed by atoms with van der Waals surface area (Å²) in [5.74, 6) is -0.929. The first-order valence-electron chi connectivity index (χ1n) is 12.3. The molecule has 2 aromatic carbocycles. The van der Waals surface area contributed by atoms with Gasteiger partial charge in [-0.2, -0.15) is 18.3 Å². The van der Waals surface area contributed by atoms with Gasteiger partial charge in [0.2, 0.25) is 10.0 Å². The summed E-state index contributed by atoms with van der Waals surface area (Å²) in [7, 11) is -3.76. The molecule has 38 heavy (non-hydrogen) atoms. The number of alkyl halides is 3. The number of amides is 1. The van der Waals surface area contributed by atoms with Gasteiger partial charge in [-0.25, -0.2) is 8.42 Å². The summed E-state index contributed by atoms with van der Waals surface area (Å²) in [5, 5.41) is 16.1. The summed E-state index contributed by atoms with van der Waals surface area (Å²) >= 11 is 0. The van der Waals surface area contributed by atoms with Crippen molar-refractivity contribution in [3.63, 3.8) is 0 Å². The number of carbonyl (C=O) groups is 1. The molecule has 0 atom stereocenters. The quantitative estimate of drug-likeness (QED) is 0.390. The molecule has 5 rings (SSSR count). The summed E-state index contributed by atoms with van der Waals surface area (Å²) in [4.78, 5) is 15.5. The van der Waals surface area contributed by atoms with Gasteiger partial charge in [-0.05, 0) is 67.5 Å². The Morgan fingerprint density at radius 3 is 2.42 bits per heavy atom. The molecule has 1 spiro atoms. The Kier molecular flexibility index (Phi) is 6.76. The van der Waals surface area contributed by atoms with Crippen LogP contribution in [0.1, 0.15) is 36.0 Å². The second-order valence-corrected chi connectivity index (χ2v) is 11.9. The third kappa shape index (κ3) is 5.88. The van der Waals surface area contributed by atoms with Gasteiger partial charge in [-0.15, -0.1) is 0 Å². The van der Waals surface area contributed by atoms with E-state index in [1.54, 1.807) is 18.2 Å². The van der Waals surface area contributed by atoms with Crippen molar-refractivity contribution in [2.24, 2.45) is 5.41 Å². The van der Waals surface area contributed by atoms with Crippen molar-refractivity contribution in [2.45, 2.75) is 38.4 Å². The van der Waals surface area contributed by atoms with E-state index in [9.17, 15) is 26.4 Å². The highest BCUT2D eigenvalue weighted by Gasteiger charge is 2.44. The highest BCUT2D eigenvalue weighted by molar-refractivity contribution is 7.92. The van der Waals surface area contributed by atoms with Gasteiger partial charge in [-0.1, -0.05) is 0 Å². The van der Waals surface area contributed by atoms with Crippen LogP contribution in [0.25, 0.3) is 10.9 Å². The van der Waals surface area contributed by atoms with E-state index in [2.05, 4.69) is 20.0 Å². The summed E-state index contributed by atoms with van der Waals surface area (Å²) in [6, 6.07) is 9.23. The lowest BCUT2D eigenvalue weighted by atomic mass is 9.93. The minimum Gasteiger partial charge on any atom is -0.395 e. The first-order chi connectivity index (χ1) is 18.0. The predicted octanol–water partition coefficient (Wildman–Crippen LogP) is 3.97. The fourth-order valence-electron chi connectivity index (χ4n) is 4.94. The number of aliphatic hydroxyl groups excluding tert-OH is 1. The number of hydrogen-bond acceptors (Lipinski definition) is 6. The van der Waals surface area contributed by atoms with Crippen LogP contribution in [-0.4, -0.2) is 60.8 Å². The molecule has 0 unspecified atom stereocenters. The molecule has 2 fully saturated rings. The number of hydrogen-bond donors (Lipinski definition) is 3. The number of anilines is 3. The Morgan fingerprint density at radius 1 is 1.05 bits per heavy atom. The van der Waals surface area contributed by atoms with Crippen molar-refractivity contribution < 1.29 is 31.5 Å². The molecule has 3 aromatic rings. The third-order valence-electron chi connectivity index (χ3n) is 7.23. The lowest BCUT2D eigenvalue weighted by Crippen LogP contribution is -2.35. The van der Waals surface area contributed by atoms with Crippen LogP contribution in [0.15, 0.2) is 42.6 Å². The van der Waals surface area contributed by atoms with Gasteiger partial charge >= 0.3 is 6.18 Å². The molecule has 9 nitrogen and oxygen atoms in total. The minimum absolute atomic E-state index is 0.236. The van der Waals surface area contributed by atoms with E-state index < -0.39 is 41.0 Å². The van der Waals surface area contributed by atoms with Crippen molar-refractivity contribution in [1.29, 1.82) is 0 Å². The maximum Gasteiger partial charge on any atom is 0.408 e. The molecule has 2 aliphatic rings. The van der Waals surface area contributed by atoms with E-state index in [1.165, 1.54) is 37.2 Å². The van der Waals surface area contributed by atoms with Crippen LogP contribution >= 0.6 is 0 Å². The summed E-state index contributed by atoms with van der Waals surface area (Å²) < 4.78 is 66.5. The standard InChI is InChI=1S/C25H28F3N5O4S/c26-25(27,28)16-33-21-13-18(2-1-17(21)15-29-33)30-23(35)20-4-3-19(31-38(36,37)12-11-34)14-22(20)32-9-7-24(5-6-24)8-10-32/h1-4,13-15,31,34H,5-12,16H2,(H,30,35). The number of rotatable bonds is 8. The van der Waals surface area contributed by atoms with Crippen LogP contribution in [0.5, 0.6) is 0 Å². The molecule has 1 aliphatic carbocycles. The Hall–Kier alpha value is -3.32. The Bertz CT molecular complexity index is 1460. The van der Waals surface area contributed by atoms with Crippen LogP contribution in [0.3, 0.4) is 0 Å². The first kappa shape index (κ1) is 26.3. The van der Waals surface area contributed by atoms with Gasteiger partial charge in [0, 0.05) is 24.2 Å². The highest BCUT2D eigenvalue weighted by atomic mass is 32.2. The fraction of sp³-hybridized carbons (Fsp3) is 0.440. The molecule has 3 N–H and O–H groups in total. The molecule has 1 saturated carbocycles. The van der Waals surface area contributed by atoms with Gasteiger partial charge < -0.3 is 15.3 Å².